The number of aliphatic carboxylic acids is 1. The Morgan fingerprint density at radius 3 is 2.41 bits per heavy atom. The van der Waals surface area contributed by atoms with Gasteiger partial charge in [0.15, 0.2) is 0 Å². The highest BCUT2D eigenvalue weighted by atomic mass is 32.1. The van der Waals surface area contributed by atoms with E-state index >= 15 is 0 Å². The molecule has 1 aromatic heterocycles. The molecule has 0 atom stereocenters. The SMILES string of the molecule is C/C=C\C=C(/C)CN(CC(=O)O)Cc1nc(-c2ccc(N(C)Cc3ccc(C4CCCCC4)cc3)cc2)cs1. The van der Waals surface area contributed by atoms with Crippen molar-refractivity contribution >= 4 is 23.0 Å². The van der Waals surface area contributed by atoms with Crippen LogP contribution < -0.4 is 4.90 Å². The van der Waals surface area contributed by atoms with Gasteiger partial charge in [-0.25, -0.2) is 4.98 Å². The number of thiazole rings is 1. The van der Waals surface area contributed by atoms with E-state index in [1.54, 1.807) is 11.3 Å². The zero-order chi connectivity index (χ0) is 27.6. The summed E-state index contributed by atoms with van der Waals surface area (Å²) in [5.41, 5.74) is 7.11. The second kappa shape index (κ2) is 14.2. The molecule has 2 aromatic carbocycles. The molecule has 1 aliphatic rings. The molecule has 5 nitrogen and oxygen atoms in total. The summed E-state index contributed by atoms with van der Waals surface area (Å²) in [5.74, 6) is -0.0841. The number of aromatic nitrogens is 1. The van der Waals surface area contributed by atoms with E-state index < -0.39 is 5.97 Å². The predicted octanol–water partition coefficient (Wildman–Crippen LogP) is 7.90. The van der Waals surface area contributed by atoms with Gasteiger partial charge < -0.3 is 10.0 Å². The highest BCUT2D eigenvalue weighted by Gasteiger charge is 2.16. The fraction of sp³-hybridized carbons (Fsp3) is 0.394. The number of rotatable bonds is 12. The molecular weight excluding hydrogens is 502 g/mol. The van der Waals surface area contributed by atoms with Gasteiger partial charge in [0.05, 0.1) is 18.8 Å². The third kappa shape index (κ3) is 8.64. The van der Waals surface area contributed by atoms with Crippen molar-refractivity contribution < 1.29 is 9.90 Å². The van der Waals surface area contributed by atoms with Crippen molar-refractivity contribution in [3.63, 3.8) is 0 Å². The van der Waals surface area contributed by atoms with Gasteiger partial charge in [0.1, 0.15) is 5.01 Å². The van der Waals surface area contributed by atoms with E-state index in [9.17, 15) is 9.90 Å². The lowest BCUT2D eigenvalue weighted by molar-refractivity contribution is -0.138. The van der Waals surface area contributed by atoms with Crippen LogP contribution in [0.4, 0.5) is 5.69 Å². The molecule has 1 N–H and O–H groups in total. The molecule has 4 rings (SSSR count). The first-order valence-corrected chi connectivity index (χ1v) is 14.9. The first-order valence-electron chi connectivity index (χ1n) is 14.0. The topological polar surface area (TPSA) is 56.7 Å². The minimum atomic E-state index is -0.828. The van der Waals surface area contributed by atoms with Crippen molar-refractivity contribution in [2.75, 3.05) is 25.0 Å². The second-order valence-electron chi connectivity index (χ2n) is 10.7. The van der Waals surface area contributed by atoms with E-state index in [1.807, 2.05) is 37.0 Å². The zero-order valence-corrected chi connectivity index (χ0v) is 24.3. The number of carboxylic acids is 1. The van der Waals surface area contributed by atoms with E-state index in [1.165, 1.54) is 48.9 Å². The lowest BCUT2D eigenvalue weighted by Gasteiger charge is -2.23. The molecular formula is C33H41N3O2S. The van der Waals surface area contributed by atoms with Crippen molar-refractivity contribution in [1.29, 1.82) is 0 Å². The molecule has 1 saturated carbocycles. The van der Waals surface area contributed by atoms with Crippen LogP contribution in [0.25, 0.3) is 11.3 Å². The van der Waals surface area contributed by atoms with Gasteiger partial charge in [-0.3, -0.25) is 9.69 Å². The summed E-state index contributed by atoms with van der Waals surface area (Å²) in [6.07, 6.45) is 12.8. The minimum Gasteiger partial charge on any atom is -0.480 e. The number of anilines is 1. The Balaban J connectivity index is 1.35. The van der Waals surface area contributed by atoms with Gasteiger partial charge in [0, 0.05) is 36.8 Å². The van der Waals surface area contributed by atoms with Crippen LogP contribution in [0.3, 0.4) is 0 Å². The molecule has 0 aliphatic heterocycles. The fourth-order valence-electron chi connectivity index (χ4n) is 5.32. The first-order chi connectivity index (χ1) is 18.9. The molecule has 0 bridgehead atoms. The number of hydrogen-bond donors (Lipinski definition) is 1. The quantitative estimate of drug-likeness (QED) is 0.235. The van der Waals surface area contributed by atoms with Crippen molar-refractivity contribution in [3.05, 3.63) is 93.8 Å². The van der Waals surface area contributed by atoms with Crippen LogP contribution in [-0.4, -0.2) is 41.1 Å². The maximum atomic E-state index is 11.4. The number of nitrogens with zero attached hydrogens (tertiary/aromatic N) is 3. The number of carbonyl (C=O) groups is 1. The van der Waals surface area contributed by atoms with Crippen LogP contribution in [0.5, 0.6) is 0 Å². The molecule has 0 radical (unpaired) electrons. The van der Waals surface area contributed by atoms with E-state index in [-0.39, 0.29) is 6.54 Å². The maximum absolute atomic E-state index is 11.4. The van der Waals surface area contributed by atoms with Crippen LogP contribution >= 0.6 is 11.3 Å². The Labute approximate surface area is 237 Å². The van der Waals surface area contributed by atoms with Crippen molar-refractivity contribution in [3.8, 4) is 11.3 Å². The average Bonchev–Trinajstić information content (AvgIpc) is 3.41. The maximum Gasteiger partial charge on any atom is 0.317 e. The monoisotopic (exact) mass is 543 g/mol. The molecule has 39 heavy (non-hydrogen) atoms. The smallest absolute Gasteiger partial charge is 0.317 e. The van der Waals surface area contributed by atoms with Gasteiger partial charge in [-0.1, -0.05) is 79.5 Å². The number of allylic oxidation sites excluding steroid dienone is 3. The Bertz CT molecular complexity index is 1250. The standard InChI is InChI=1S/C33H41N3O2S/c1-4-5-9-25(2)20-36(23-33(37)38)22-32-34-31(24-39-32)29-16-18-30(19-17-29)35(3)21-26-12-14-28(15-13-26)27-10-7-6-8-11-27/h4-5,9,12-19,24,27H,6-8,10-11,20-23H2,1-3H3,(H,37,38)/b5-4-,25-9+. The molecule has 3 aromatic rings. The van der Waals surface area contributed by atoms with Crippen molar-refractivity contribution in [2.45, 2.75) is 65.0 Å². The summed E-state index contributed by atoms with van der Waals surface area (Å²) in [6.45, 7) is 5.95. The second-order valence-corrected chi connectivity index (χ2v) is 11.6. The van der Waals surface area contributed by atoms with Crippen molar-refractivity contribution in [2.24, 2.45) is 0 Å². The third-order valence-electron chi connectivity index (χ3n) is 7.40. The molecule has 1 heterocycles. The lowest BCUT2D eigenvalue weighted by atomic mass is 9.84. The largest absolute Gasteiger partial charge is 0.480 e. The van der Waals surface area contributed by atoms with Gasteiger partial charge in [0.2, 0.25) is 0 Å². The van der Waals surface area contributed by atoms with Gasteiger partial charge in [-0.05, 0) is 55.9 Å². The molecule has 1 aliphatic carbocycles. The number of hydrogen-bond acceptors (Lipinski definition) is 5. The van der Waals surface area contributed by atoms with Crippen molar-refractivity contribution in [1.82, 2.24) is 9.88 Å². The van der Waals surface area contributed by atoms with Gasteiger partial charge in [-0.15, -0.1) is 11.3 Å². The van der Waals surface area contributed by atoms with E-state index in [4.69, 9.17) is 4.98 Å². The normalized spacial score (nSPS) is 14.8. The first kappa shape index (κ1) is 28.8. The summed E-state index contributed by atoms with van der Waals surface area (Å²) in [4.78, 5) is 20.4. The Morgan fingerprint density at radius 2 is 1.74 bits per heavy atom. The molecule has 0 unspecified atom stereocenters. The van der Waals surface area contributed by atoms with E-state index in [2.05, 4.69) is 65.9 Å². The average molecular weight is 544 g/mol. The van der Waals surface area contributed by atoms with E-state index in [0.29, 0.717) is 13.1 Å². The van der Waals surface area contributed by atoms with Gasteiger partial charge in [-0.2, -0.15) is 0 Å². The molecule has 206 valence electrons. The number of carboxylic acid groups (broad SMARTS) is 1. The molecule has 0 spiro atoms. The number of benzene rings is 2. The Kier molecular flexibility index (Phi) is 10.5. The Morgan fingerprint density at radius 1 is 1.03 bits per heavy atom. The Hall–Kier alpha value is -3.22. The van der Waals surface area contributed by atoms with Crippen LogP contribution in [0.1, 0.15) is 68.0 Å². The van der Waals surface area contributed by atoms with Gasteiger partial charge in [0.25, 0.3) is 0 Å². The minimum absolute atomic E-state index is 0.0136. The summed E-state index contributed by atoms with van der Waals surface area (Å²) in [5, 5.41) is 12.3. The zero-order valence-electron chi connectivity index (χ0n) is 23.5. The fourth-order valence-corrected chi connectivity index (χ4v) is 6.16. The highest BCUT2D eigenvalue weighted by molar-refractivity contribution is 7.09. The third-order valence-corrected chi connectivity index (χ3v) is 8.23. The summed E-state index contributed by atoms with van der Waals surface area (Å²) in [6, 6.07) is 17.8. The summed E-state index contributed by atoms with van der Waals surface area (Å²) in [7, 11) is 2.13. The lowest BCUT2D eigenvalue weighted by Crippen LogP contribution is -2.30. The summed E-state index contributed by atoms with van der Waals surface area (Å²) >= 11 is 1.58. The highest BCUT2D eigenvalue weighted by Crippen LogP contribution is 2.33. The van der Waals surface area contributed by atoms with Crippen LogP contribution in [-0.2, 0) is 17.9 Å². The molecule has 6 heteroatoms. The van der Waals surface area contributed by atoms with Crippen LogP contribution in [0.2, 0.25) is 0 Å². The van der Waals surface area contributed by atoms with Crippen LogP contribution in [0, 0.1) is 0 Å². The van der Waals surface area contributed by atoms with Crippen LogP contribution in [0.15, 0.2) is 77.7 Å². The van der Waals surface area contributed by atoms with Gasteiger partial charge >= 0.3 is 5.97 Å². The molecule has 0 saturated heterocycles. The molecule has 0 amide bonds. The predicted molar refractivity (Wildman–Crippen MR) is 163 cm³/mol. The summed E-state index contributed by atoms with van der Waals surface area (Å²) < 4.78 is 0. The van der Waals surface area contributed by atoms with E-state index in [0.717, 1.165) is 34.3 Å². The molecule has 1 fully saturated rings.